The highest BCUT2D eigenvalue weighted by Gasteiger charge is 2.27. The third-order valence-corrected chi connectivity index (χ3v) is 3.73. The molecule has 1 rings (SSSR count). The molecule has 0 bridgehead atoms. The molecule has 2 unspecified atom stereocenters. The number of carboxylic acid groups (broad SMARTS) is 1. The van der Waals surface area contributed by atoms with Crippen molar-refractivity contribution in [2.24, 2.45) is 0 Å². The Hall–Kier alpha value is -1.30. The lowest BCUT2D eigenvalue weighted by Crippen LogP contribution is -2.53. The zero-order valence-corrected chi connectivity index (χ0v) is 12.2. The Morgan fingerprint density at radius 1 is 1.47 bits per heavy atom. The number of hydrogen-bond acceptors (Lipinski definition) is 3. The molecule has 0 aromatic heterocycles. The van der Waals surface area contributed by atoms with Crippen LogP contribution in [0.2, 0.25) is 0 Å². The maximum absolute atomic E-state index is 12.1. The van der Waals surface area contributed by atoms with Gasteiger partial charge in [-0.05, 0) is 40.7 Å². The van der Waals surface area contributed by atoms with E-state index in [4.69, 9.17) is 5.11 Å². The second-order valence-electron chi connectivity index (χ2n) is 5.62. The van der Waals surface area contributed by atoms with Crippen LogP contribution < -0.4 is 5.32 Å². The maximum Gasteiger partial charge on any atom is 0.323 e. The highest BCUT2D eigenvalue weighted by molar-refractivity contribution is 5.80. The fraction of sp³-hybridized carbons (Fsp3) is 0.846. The molecule has 0 spiro atoms. The minimum atomic E-state index is -0.986. The van der Waals surface area contributed by atoms with Crippen LogP contribution in [0.1, 0.15) is 33.6 Å². The molecule has 1 aliphatic rings. The number of urea groups is 1. The van der Waals surface area contributed by atoms with E-state index in [2.05, 4.69) is 24.2 Å². The van der Waals surface area contributed by atoms with Gasteiger partial charge < -0.3 is 20.2 Å². The van der Waals surface area contributed by atoms with Gasteiger partial charge in [0.1, 0.15) is 6.54 Å². The molecule has 6 nitrogen and oxygen atoms in total. The molecule has 0 saturated carbocycles. The minimum absolute atomic E-state index is 0.125. The van der Waals surface area contributed by atoms with Crippen LogP contribution in [0.5, 0.6) is 0 Å². The van der Waals surface area contributed by atoms with E-state index in [-0.39, 0.29) is 24.7 Å². The first-order valence-electron chi connectivity index (χ1n) is 6.80. The van der Waals surface area contributed by atoms with Crippen LogP contribution in [0.25, 0.3) is 0 Å². The molecule has 19 heavy (non-hydrogen) atoms. The number of amides is 2. The van der Waals surface area contributed by atoms with Gasteiger partial charge in [0.15, 0.2) is 0 Å². The van der Waals surface area contributed by atoms with Crippen molar-refractivity contribution in [3.63, 3.8) is 0 Å². The van der Waals surface area contributed by atoms with Gasteiger partial charge in [-0.3, -0.25) is 4.79 Å². The zero-order valence-electron chi connectivity index (χ0n) is 12.2. The predicted octanol–water partition coefficient (Wildman–Crippen LogP) is 0.974. The van der Waals surface area contributed by atoms with Crippen molar-refractivity contribution in [1.29, 1.82) is 0 Å². The normalized spacial score (nSPS) is 24.3. The van der Waals surface area contributed by atoms with E-state index in [0.717, 1.165) is 19.4 Å². The topological polar surface area (TPSA) is 72.9 Å². The van der Waals surface area contributed by atoms with E-state index < -0.39 is 5.97 Å². The standard InChI is InChI=1S/C13H25N3O3/c1-9(2)16(8-12(17)18)13(19)14-11-5-6-15(4)10(3)7-11/h9-11H,5-8H2,1-4H3,(H,14,19)(H,17,18). The van der Waals surface area contributed by atoms with Crippen molar-refractivity contribution in [2.45, 2.75) is 51.7 Å². The molecule has 110 valence electrons. The first kappa shape index (κ1) is 15.8. The summed E-state index contributed by atoms with van der Waals surface area (Å²) in [6.45, 7) is 6.47. The Bertz CT molecular complexity index is 333. The number of carboxylic acids is 1. The van der Waals surface area contributed by atoms with E-state index in [0.29, 0.717) is 6.04 Å². The van der Waals surface area contributed by atoms with Crippen LogP contribution in [0.15, 0.2) is 0 Å². The summed E-state index contributed by atoms with van der Waals surface area (Å²) in [5.74, 6) is -0.986. The molecule has 0 aromatic rings. The molecular formula is C13H25N3O3. The zero-order chi connectivity index (χ0) is 14.6. The van der Waals surface area contributed by atoms with Crippen LogP contribution >= 0.6 is 0 Å². The molecule has 1 saturated heterocycles. The summed E-state index contributed by atoms with van der Waals surface area (Å²) in [5.41, 5.74) is 0. The fourth-order valence-electron chi connectivity index (χ4n) is 2.31. The maximum atomic E-state index is 12.1. The van der Waals surface area contributed by atoms with E-state index in [1.54, 1.807) is 0 Å². The van der Waals surface area contributed by atoms with Crippen LogP contribution in [0.3, 0.4) is 0 Å². The monoisotopic (exact) mass is 271 g/mol. The lowest BCUT2D eigenvalue weighted by atomic mass is 9.99. The van der Waals surface area contributed by atoms with Crippen LogP contribution in [0.4, 0.5) is 4.79 Å². The molecule has 0 aliphatic carbocycles. The van der Waals surface area contributed by atoms with Crippen molar-refractivity contribution in [3.05, 3.63) is 0 Å². The van der Waals surface area contributed by atoms with Crippen LogP contribution in [-0.2, 0) is 4.79 Å². The number of piperidine rings is 1. The van der Waals surface area contributed by atoms with Gasteiger partial charge >= 0.3 is 12.0 Å². The number of likely N-dealkylation sites (tertiary alicyclic amines) is 1. The second kappa shape index (κ2) is 6.75. The second-order valence-corrected chi connectivity index (χ2v) is 5.62. The van der Waals surface area contributed by atoms with Gasteiger partial charge in [-0.2, -0.15) is 0 Å². The average molecular weight is 271 g/mol. The molecule has 6 heteroatoms. The van der Waals surface area contributed by atoms with Gasteiger partial charge in [0.2, 0.25) is 0 Å². The third kappa shape index (κ3) is 4.70. The quantitative estimate of drug-likeness (QED) is 0.799. The largest absolute Gasteiger partial charge is 0.480 e. The number of rotatable bonds is 4. The Labute approximate surface area is 114 Å². The number of carbonyl (C=O) groups is 2. The SMILES string of the molecule is CC1CC(NC(=O)N(CC(=O)O)C(C)C)CCN1C. The summed E-state index contributed by atoms with van der Waals surface area (Å²) in [6, 6.07) is 0.165. The number of carbonyl (C=O) groups excluding carboxylic acids is 1. The van der Waals surface area contributed by atoms with Crippen molar-refractivity contribution in [3.8, 4) is 0 Å². The molecular weight excluding hydrogens is 246 g/mol. The fourth-order valence-corrected chi connectivity index (χ4v) is 2.31. The Morgan fingerprint density at radius 3 is 2.58 bits per heavy atom. The Morgan fingerprint density at radius 2 is 2.11 bits per heavy atom. The van der Waals surface area contributed by atoms with E-state index in [9.17, 15) is 9.59 Å². The molecule has 1 fully saturated rings. The summed E-state index contributed by atoms with van der Waals surface area (Å²) in [6.07, 6.45) is 1.81. The Balaban J connectivity index is 2.54. The summed E-state index contributed by atoms with van der Waals surface area (Å²) >= 11 is 0. The molecule has 0 radical (unpaired) electrons. The third-order valence-electron chi connectivity index (χ3n) is 3.73. The number of aliphatic carboxylic acids is 1. The van der Waals surface area contributed by atoms with E-state index in [1.807, 2.05) is 13.8 Å². The summed E-state index contributed by atoms with van der Waals surface area (Å²) in [5, 5.41) is 11.8. The van der Waals surface area contributed by atoms with Gasteiger partial charge in [-0.15, -0.1) is 0 Å². The molecule has 1 aliphatic heterocycles. The van der Waals surface area contributed by atoms with Gasteiger partial charge in [0.05, 0.1) is 0 Å². The van der Waals surface area contributed by atoms with Gasteiger partial charge in [-0.1, -0.05) is 0 Å². The first-order chi connectivity index (χ1) is 8.81. The smallest absolute Gasteiger partial charge is 0.323 e. The molecule has 1 heterocycles. The van der Waals surface area contributed by atoms with Crippen LogP contribution in [-0.4, -0.2) is 65.2 Å². The van der Waals surface area contributed by atoms with Gasteiger partial charge in [0, 0.05) is 24.7 Å². The van der Waals surface area contributed by atoms with Crippen molar-refractivity contribution < 1.29 is 14.7 Å². The molecule has 2 atom stereocenters. The molecule has 2 amide bonds. The van der Waals surface area contributed by atoms with Gasteiger partial charge in [0.25, 0.3) is 0 Å². The highest BCUT2D eigenvalue weighted by Crippen LogP contribution is 2.15. The Kier molecular flexibility index (Phi) is 5.60. The molecule has 2 N–H and O–H groups in total. The highest BCUT2D eigenvalue weighted by atomic mass is 16.4. The van der Waals surface area contributed by atoms with E-state index in [1.165, 1.54) is 4.90 Å². The number of nitrogens with one attached hydrogen (secondary N) is 1. The van der Waals surface area contributed by atoms with Gasteiger partial charge in [-0.25, -0.2) is 4.79 Å². The van der Waals surface area contributed by atoms with E-state index >= 15 is 0 Å². The minimum Gasteiger partial charge on any atom is -0.480 e. The summed E-state index contributed by atoms with van der Waals surface area (Å²) in [7, 11) is 2.08. The van der Waals surface area contributed by atoms with Crippen molar-refractivity contribution >= 4 is 12.0 Å². The predicted molar refractivity (Wildman–Crippen MR) is 73.1 cm³/mol. The summed E-state index contributed by atoms with van der Waals surface area (Å²) in [4.78, 5) is 26.5. The van der Waals surface area contributed by atoms with Crippen molar-refractivity contribution in [2.75, 3.05) is 20.1 Å². The average Bonchev–Trinajstić information content (AvgIpc) is 2.30. The lowest BCUT2D eigenvalue weighted by molar-refractivity contribution is -0.138. The first-order valence-corrected chi connectivity index (χ1v) is 6.80. The lowest BCUT2D eigenvalue weighted by Gasteiger charge is -2.36. The van der Waals surface area contributed by atoms with Crippen LogP contribution in [0, 0.1) is 0 Å². The number of nitrogens with zero attached hydrogens (tertiary/aromatic N) is 2. The van der Waals surface area contributed by atoms with Crippen molar-refractivity contribution in [1.82, 2.24) is 15.1 Å². The number of hydrogen-bond donors (Lipinski definition) is 2. The summed E-state index contributed by atoms with van der Waals surface area (Å²) < 4.78 is 0. The molecule has 0 aromatic carbocycles.